The molecule has 0 saturated carbocycles. The van der Waals surface area contributed by atoms with Crippen molar-refractivity contribution < 1.29 is 4.79 Å². The molecule has 118 valence electrons. The van der Waals surface area contributed by atoms with Crippen molar-refractivity contribution in [1.82, 2.24) is 4.90 Å². The van der Waals surface area contributed by atoms with E-state index < -0.39 is 0 Å². The van der Waals surface area contributed by atoms with Crippen LogP contribution in [0.3, 0.4) is 0 Å². The number of carbonyl (C=O) groups excluding carboxylic acids is 1. The van der Waals surface area contributed by atoms with Crippen LogP contribution >= 0.6 is 35.5 Å². The average molecular weight is 363 g/mol. The molecule has 8 heteroatoms. The molecule has 2 heterocycles. The topological polar surface area (TPSA) is 68.9 Å². The van der Waals surface area contributed by atoms with Gasteiger partial charge in [0.25, 0.3) is 5.91 Å². The monoisotopic (exact) mass is 362 g/mol. The summed E-state index contributed by atoms with van der Waals surface area (Å²) in [6.07, 6.45) is 3.73. The molecule has 3 rings (SSSR count). The number of rotatable bonds is 3. The number of amides is 1. The van der Waals surface area contributed by atoms with Crippen LogP contribution in [0, 0.1) is 5.41 Å². The molecule has 0 radical (unpaired) electrons. The number of nitrogens with one attached hydrogen (secondary N) is 1. The van der Waals surface area contributed by atoms with Crippen LogP contribution in [0.15, 0.2) is 44.1 Å². The summed E-state index contributed by atoms with van der Waals surface area (Å²) in [4.78, 5) is 19.1. The zero-order valence-electron chi connectivity index (χ0n) is 12.6. The highest BCUT2D eigenvalue weighted by Crippen LogP contribution is 2.31. The number of carbonyl (C=O) groups is 1. The summed E-state index contributed by atoms with van der Waals surface area (Å²) in [6, 6.07) is 7.86. The van der Waals surface area contributed by atoms with Crippen LogP contribution in [0.5, 0.6) is 0 Å². The SMILES string of the molecule is CCSC1=NSC2=NC(=O)/C(=C\c3ccc(SC)cc3)C(=N)N12. The molecule has 0 saturated heterocycles. The van der Waals surface area contributed by atoms with Gasteiger partial charge in [-0.1, -0.05) is 30.8 Å². The van der Waals surface area contributed by atoms with Gasteiger partial charge >= 0.3 is 0 Å². The molecule has 2 aliphatic rings. The van der Waals surface area contributed by atoms with Crippen molar-refractivity contribution >= 4 is 63.6 Å². The minimum absolute atomic E-state index is 0.138. The Morgan fingerprint density at radius 3 is 2.74 bits per heavy atom. The van der Waals surface area contributed by atoms with Crippen molar-refractivity contribution in [3.8, 4) is 0 Å². The Morgan fingerprint density at radius 2 is 2.09 bits per heavy atom. The first-order valence-corrected chi connectivity index (χ1v) is 9.88. The number of thioether (sulfide) groups is 2. The number of aliphatic imine (C=N–C) groups is 1. The van der Waals surface area contributed by atoms with Crippen molar-refractivity contribution in [2.75, 3.05) is 12.0 Å². The lowest BCUT2D eigenvalue weighted by atomic mass is 10.1. The highest BCUT2D eigenvalue weighted by molar-refractivity contribution is 8.19. The maximum Gasteiger partial charge on any atom is 0.283 e. The highest BCUT2D eigenvalue weighted by Gasteiger charge is 2.37. The fourth-order valence-electron chi connectivity index (χ4n) is 2.09. The van der Waals surface area contributed by atoms with Crippen LogP contribution in [0.1, 0.15) is 12.5 Å². The smallest absolute Gasteiger partial charge is 0.283 e. The molecule has 2 aliphatic heterocycles. The second-order valence-corrected chi connectivity index (χ2v) is 7.45. The first-order valence-electron chi connectivity index (χ1n) is 6.89. The summed E-state index contributed by atoms with van der Waals surface area (Å²) in [7, 11) is 0. The maximum atomic E-state index is 12.2. The number of hydrogen-bond acceptors (Lipinski definition) is 6. The Balaban J connectivity index is 1.93. The van der Waals surface area contributed by atoms with Gasteiger partial charge in [0.2, 0.25) is 5.17 Å². The van der Waals surface area contributed by atoms with Gasteiger partial charge in [0.15, 0.2) is 5.17 Å². The fraction of sp³-hybridized carbons (Fsp3) is 0.200. The van der Waals surface area contributed by atoms with Crippen LogP contribution < -0.4 is 0 Å². The molecule has 1 N–H and O–H groups in total. The number of benzene rings is 1. The zero-order chi connectivity index (χ0) is 16.4. The van der Waals surface area contributed by atoms with Gasteiger partial charge in [-0.15, -0.1) is 11.8 Å². The van der Waals surface area contributed by atoms with E-state index in [1.807, 2.05) is 37.4 Å². The van der Waals surface area contributed by atoms with Crippen LogP contribution in [-0.4, -0.2) is 39.0 Å². The Hall–Kier alpha value is -1.51. The van der Waals surface area contributed by atoms with Gasteiger partial charge in [0.1, 0.15) is 5.84 Å². The molecule has 5 nitrogen and oxygen atoms in total. The van der Waals surface area contributed by atoms with Crippen molar-refractivity contribution in [3.05, 3.63) is 35.4 Å². The van der Waals surface area contributed by atoms with Crippen molar-refractivity contribution in [3.63, 3.8) is 0 Å². The molecule has 1 aromatic carbocycles. The third-order valence-corrected chi connectivity index (χ3v) is 5.58. The molecule has 0 bridgehead atoms. The standard InChI is InChI=1S/C15H14N4OS3/c1-3-22-15-18-23-14-17-13(20)11(12(16)19(14)15)8-9-4-6-10(21-2)7-5-9/h4-8,16H,3H2,1-2H3/b11-8-,16-12?. The molecule has 0 aliphatic carbocycles. The summed E-state index contributed by atoms with van der Waals surface area (Å²) in [5, 5.41) is 9.55. The van der Waals surface area contributed by atoms with E-state index >= 15 is 0 Å². The quantitative estimate of drug-likeness (QED) is 0.504. The minimum atomic E-state index is -0.388. The van der Waals surface area contributed by atoms with Gasteiger partial charge in [-0.25, -0.2) is 4.90 Å². The first kappa shape index (κ1) is 16.4. The van der Waals surface area contributed by atoms with Crippen molar-refractivity contribution in [1.29, 1.82) is 5.41 Å². The second kappa shape index (κ2) is 6.94. The average Bonchev–Trinajstić information content (AvgIpc) is 2.95. The molecular formula is C15H14N4OS3. The molecule has 0 spiro atoms. The Labute approximate surface area is 147 Å². The van der Waals surface area contributed by atoms with E-state index in [1.165, 1.54) is 11.8 Å². The van der Waals surface area contributed by atoms with Crippen LogP contribution in [0.4, 0.5) is 0 Å². The van der Waals surface area contributed by atoms with E-state index in [2.05, 4.69) is 9.39 Å². The molecule has 1 aromatic rings. The van der Waals surface area contributed by atoms with Gasteiger partial charge in [0, 0.05) is 4.90 Å². The van der Waals surface area contributed by atoms with E-state index in [4.69, 9.17) is 5.41 Å². The normalized spacial score (nSPS) is 19.0. The van der Waals surface area contributed by atoms with E-state index in [1.54, 1.807) is 22.7 Å². The predicted molar refractivity (Wildman–Crippen MR) is 101 cm³/mol. The Bertz CT molecular complexity index is 752. The number of nitrogens with zero attached hydrogens (tertiary/aromatic N) is 3. The number of fused-ring (bicyclic) bond motifs is 1. The first-order chi connectivity index (χ1) is 11.1. The lowest BCUT2D eigenvalue weighted by Gasteiger charge is -2.24. The van der Waals surface area contributed by atoms with E-state index in [-0.39, 0.29) is 17.3 Å². The van der Waals surface area contributed by atoms with Gasteiger partial charge in [-0.3, -0.25) is 10.2 Å². The third-order valence-electron chi connectivity index (χ3n) is 3.19. The van der Waals surface area contributed by atoms with E-state index in [0.717, 1.165) is 28.2 Å². The lowest BCUT2D eigenvalue weighted by molar-refractivity contribution is -0.114. The largest absolute Gasteiger partial charge is 0.283 e. The van der Waals surface area contributed by atoms with Gasteiger partial charge in [-0.05, 0) is 35.8 Å². The molecule has 0 aromatic heterocycles. The van der Waals surface area contributed by atoms with E-state index in [9.17, 15) is 4.79 Å². The van der Waals surface area contributed by atoms with Crippen molar-refractivity contribution in [2.45, 2.75) is 11.8 Å². The fourth-order valence-corrected chi connectivity index (χ4v) is 4.07. The van der Waals surface area contributed by atoms with Crippen LogP contribution in [0.2, 0.25) is 0 Å². The summed E-state index contributed by atoms with van der Waals surface area (Å²) in [5.74, 6) is 0.596. The summed E-state index contributed by atoms with van der Waals surface area (Å²) in [6.45, 7) is 2.02. The molecule has 23 heavy (non-hydrogen) atoms. The van der Waals surface area contributed by atoms with E-state index in [0.29, 0.717) is 10.3 Å². The zero-order valence-corrected chi connectivity index (χ0v) is 15.0. The third kappa shape index (κ3) is 3.24. The maximum absolute atomic E-state index is 12.2. The molecule has 1 amide bonds. The molecule has 0 fully saturated rings. The molecular weight excluding hydrogens is 348 g/mol. The summed E-state index contributed by atoms with van der Waals surface area (Å²) in [5.41, 5.74) is 1.17. The van der Waals surface area contributed by atoms with Crippen LogP contribution in [0.25, 0.3) is 6.08 Å². The summed E-state index contributed by atoms with van der Waals surface area (Å²) < 4.78 is 4.29. The highest BCUT2D eigenvalue weighted by atomic mass is 32.2. The minimum Gasteiger partial charge on any atom is -0.283 e. The summed E-state index contributed by atoms with van der Waals surface area (Å²) >= 11 is 4.34. The Kier molecular flexibility index (Phi) is 4.93. The lowest BCUT2D eigenvalue weighted by Crippen LogP contribution is -2.41. The number of hydrogen-bond donors (Lipinski definition) is 1. The second-order valence-electron chi connectivity index (χ2n) is 4.61. The number of amidine groups is 3. The molecule has 0 unspecified atom stereocenters. The van der Waals surface area contributed by atoms with Gasteiger partial charge in [0.05, 0.1) is 17.5 Å². The van der Waals surface area contributed by atoms with Crippen molar-refractivity contribution in [2.24, 2.45) is 9.39 Å². The van der Waals surface area contributed by atoms with Gasteiger partial charge < -0.3 is 0 Å². The van der Waals surface area contributed by atoms with Gasteiger partial charge in [-0.2, -0.15) is 9.39 Å². The van der Waals surface area contributed by atoms with Crippen LogP contribution in [-0.2, 0) is 4.79 Å². The Morgan fingerprint density at radius 1 is 1.35 bits per heavy atom. The molecule has 0 atom stereocenters. The predicted octanol–water partition coefficient (Wildman–Crippen LogP) is 3.74.